The summed E-state index contributed by atoms with van der Waals surface area (Å²) < 4.78 is 0. The lowest BCUT2D eigenvalue weighted by Gasteiger charge is -2.18. The molecule has 22 heavy (non-hydrogen) atoms. The highest BCUT2D eigenvalue weighted by molar-refractivity contribution is 6.29. The standard InChI is InChI=1S/C16H17ClN4O/c1-16(2,22)9-20-14-7-10(6-13(17)21-14)12-8-19-15-11(12)4-3-5-18-15/h3-8,22H,9H2,1-2H3,(H,18,19)(H,20,21). The molecule has 0 aliphatic carbocycles. The van der Waals surface area contributed by atoms with Crippen LogP contribution in [0.5, 0.6) is 0 Å². The maximum Gasteiger partial charge on any atom is 0.137 e. The van der Waals surface area contributed by atoms with Gasteiger partial charge < -0.3 is 15.4 Å². The molecule has 3 aromatic rings. The van der Waals surface area contributed by atoms with E-state index in [9.17, 15) is 5.11 Å². The minimum Gasteiger partial charge on any atom is -0.389 e. The van der Waals surface area contributed by atoms with Gasteiger partial charge >= 0.3 is 0 Å². The van der Waals surface area contributed by atoms with Crippen LogP contribution in [0.15, 0.2) is 36.7 Å². The van der Waals surface area contributed by atoms with Crippen LogP contribution in [0.25, 0.3) is 22.2 Å². The molecule has 0 spiro atoms. The molecule has 3 rings (SSSR count). The molecule has 0 aliphatic heterocycles. The molecule has 0 fully saturated rings. The molecule has 3 aromatic heterocycles. The molecule has 0 radical (unpaired) electrons. The Morgan fingerprint density at radius 1 is 1.36 bits per heavy atom. The monoisotopic (exact) mass is 316 g/mol. The SMILES string of the molecule is CC(C)(O)CNc1cc(-c2c[nH]c3ncccc23)cc(Cl)n1. The first-order valence-electron chi connectivity index (χ1n) is 6.99. The fourth-order valence-electron chi connectivity index (χ4n) is 2.24. The van der Waals surface area contributed by atoms with Gasteiger partial charge in [0, 0.05) is 29.9 Å². The maximum absolute atomic E-state index is 9.81. The van der Waals surface area contributed by atoms with Gasteiger partial charge in [-0.15, -0.1) is 0 Å². The zero-order valence-corrected chi connectivity index (χ0v) is 13.1. The van der Waals surface area contributed by atoms with E-state index >= 15 is 0 Å². The van der Waals surface area contributed by atoms with Crippen molar-refractivity contribution in [1.29, 1.82) is 0 Å². The maximum atomic E-state index is 9.81. The zero-order valence-electron chi connectivity index (χ0n) is 12.4. The number of nitrogens with zero attached hydrogens (tertiary/aromatic N) is 2. The predicted molar refractivity (Wildman–Crippen MR) is 89.1 cm³/mol. The van der Waals surface area contributed by atoms with Crippen molar-refractivity contribution in [1.82, 2.24) is 15.0 Å². The summed E-state index contributed by atoms with van der Waals surface area (Å²) in [4.78, 5) is 11.7. The van der Waals surface area contributed by atoms with Gasteiger partial charge in [0.05, 0.1) is 5.60 Å². The van der Waals surface area contributed by atoms with Crippen LogP contribution in [-0.4, -0.2) is 32.2 Å². The third-order valence-corrected chi connectivity index (χ3v) is 3.45. The highest BCUT2D eigenvalue weighted by atomic mass is 35.5. The van der Waals surface area contributed by atoms with Crippen molar-refractivity contribution < 1.29 is 5.11 Å². The molecule has 6 heteroatoms. The van der Waals surface area contributed by atoms with Crippen molar-refractivity contribution in [3.8, 4) is 11.1 Å². The van der Waals surface area contributed by atoms with Crippen molar-refractivity contribution in [3.05, 3.63) is 41.8 Å². The van der Waals surface area contributed by atoms with Gasteiger partial charge in [0.2, 0.25) is 0 Å². The van der Waals surface area contributed by atoms with Crippen molar-refractivity contribution in [2.24, 2.45) is 0 Å². The average Bonchev–Trinajstić information content (AvgIpc) is 2.88. The second-order valence-corrected chi connectivity index (χ2v) is 6.22. The first kappa shape index (κ1) is 14.8. The van der Waals surface area contributed by atoms with Crippen LogP contribution in [0.3, 0.4) is 0 Å². The van der Waals surface area contributed by atoms with Crippen LogP contribution in [0.4, 0.5) is 5.82 Å². The van der Waals surface area contributed by atoms with Gasteiger partial charge in [0.25, 0.3) is 0 Å². The molecule has 0 aromatic carbocycles. The van der Waals surface area contributed by atoms with Crippen LogP contribution >= 0.6 is 11.6 Å². The second-order valence-electron chi connectivity index (χ2n) is 5.83. The normalized spacial score (nSPS) is 11.8. The molecule has 0 saturated carbocycles. The number of halogens is 1. The highest BCUT2D eigenvalue weighted by Gasteiger charge is 2.14. The summed E-state index contributed by atoms with van der Waals surface area (Å²) in [5.41, 5.74) is 1.96. The number of hydrogen-bond donors (Lipinski definition) is 3. The molecule has 5 nitrogen and oxygen atoms in total. The number of pyridine rings is 2. The number of aliphatic hydroxyl groups is 1. The van der Waals surface area contributed by atoms with E-state index in [1.165, 1.54) is 0 Å². The highest BCUT2D eigenvalue weighted by Crippen LogP contribution is 2.30. The molecule has 3 heterocycles. The van der Waals surface area contributed by atoms with Gasteiger partial charge in [-0.2, -0.15) is 0 Å². The molecule has 0 amide bonds. The molecule has 0 saturated heterocycles. The van der Waals surface area contributed by atoms with Gasteiger partial charge in [-0.3, -0.25) is 0 Å². The average molecular weight is 317 g/mol. The molecular formula is C16H17ClN4O. The quantitative estimate of drug-likeness (QED) is 0.644. The number of rotatable bonds is 4. The molecule has 0 unspecified atom stereocenters. The van der Waals surface area contributed by atoms with E-state index in [-0.39, 0.29) is 0 Å². The Morgan fingerprint density at radius 3 is 2.95 bits per heavy atom. The first-order chi connectivity index (χ1) is 10.4. The Balaban J connectivity index is 1.99. The molecule has 3 N–H and O–H groups in total. The van der Waals surface area contributed by atoms with Crippen molar-refractivity contribution in [2.75, 3.05) is 11.9 Å². The van der Waals surface area contributed by atoms with Crippen LogP contribution in [0, 0.1) is 0 Å². The van der Waals surface area contributed by atoms with E-state index in [1.807, 2.05) is 30.5 Å². The van der Waals surface area contributed by atoms with Gasteiger partial charge in [0.1, 0.15) is 16.6 Å². The minimum absolute atomic E-state index is 0.384. The predicted octanol–water partition coefficient (Wildman–Crippen LogP) is 3.46. The van der Waals surface area contributed by atoms with Crippen molar-refractivity contribution in [2.45, 2.75) is 19.4 Å². The minimum atomic E-state index is -0.825. The Bertz CT molecular complexity index is 807. The van der Waals surface area contributed by atoms with E-state index in [0.29, 0.717) is 17.5 Å². The van der Waals surface area contributed by atoms with Gasteiger partial charge in [-0.25, -0.2) is 9.97 Å². The molecule has 0 atom stereocenters. The molecular weight excluding hydrogens is 300 g/mol. The van der Waals surface area contributed by atoms with Gasteiger partial charge in [0.15, 0.2) is 0 Å². The van der Waals surface area contributed by atoms with E-state index in [2.05, 4.69) is 20.3 Å². The van der Waals surface area contributed by atoms with E-state index in [4.69, 9.17) is 11.6 Å². The number of anilines is 1. The van der Waals surface area contributed by atoms with Gasteiger partial charge in [-0.1, -0.05) is 11.6 Å². The first-order valence-corrected chi connectivity index (χ1v) is 7.36. The Morgan fingerprint density at radius 2 is 2.18 bits per heavy atom. The summed E-state index contributed by atoms with van der Waals surface area (Å²) in [6, 6.07) is 7.63. The van der Waals surface area contributed by atoms with E-state index < -0.39 is 5.60 Å². The van der Waals surface area contributed by atoms with Crippen molar-refractivity contribution in [3.63, 3.8) is 0 Å². The summed E-state index contributed by atoms with van der Waals surface area (Å²) in [6.45, 7) is 3.85. The lowest BCUT2D eigenvalue weighted by Crippen LogP contribution is -2.29. The van der Waals surface area contributed by atoms with Gasteiger partial charge in [-0.05, 0) is 43.7 Å². The van der Waals surface area contributed by atoms with E-state index in [0.717, 1.165) is 22.2 Å². The number of aromatic nitrogens is 3. The fraction of sp³-hybridized carbons (Fsp3) is 0.250. The largest absolute Gasteiger partial charge is 0.389 e. The third kappa shape index (κ3) is 3.21. The van der Waals surface area contributed by atoms with Crippen LogP contribution in [0.2, 0.25) is 5.15 Å². The summed E-state index contributed by atoms with van der Waals surface area (Å²) in [7, 11) is 0. The Kier molecular flexibility index (Phi) is 3.76. The third-order valence-electron chi connectivity index (χ3n) is 3.26. The summed E-state index contributed by atoms with van der Waals surface area (Å²) >= 11 is 6.13. The number of aromatic amines is 1. The van der Waals surface area contributed by atoms with E-state index in [1.54, 1.807) is 20.0 Å². The lowest BCUT2D eigenvalue weighted by molar-refractivity contribution is 0.0944. The Labute approximate surface area is 133 Å². The summed E-state index contributed by atoms with van der Waals surface area (Å²) in [6.07, 6.45) is 3.65. The van der Waals surface area contributed by atoms with Crippen LogP contribution in [-0.2, 0) is 0 Å². The summed E-state index contributed by atoms with van der Waals surface area (Å²) in [5.74, 6) is 0.628. The Hall–Kier alpha value is -2.11. The lowest BCUT2D eigenvalue weighted by atomic mass is 10.1. The smallest absolute Gasteiger partial charge is 0.137 e. The van der Waals surface area contributed by atoms with Crippen molar-refractivity contribution >= 4 is 28.5 Å². The number of hydrogen-bond acceptors (Lipinski definition) is 4. The van der Waals surface area contributed by atoms with Crippen LogP contribution in [0.1, 0.15) is 13.8 Å². The van der Waals surface area contributed by atoms with Crippen LogP contribution < -0.4 is 5.32 Å². The second kappa shape index (κ2) is 5.59. The molecule has 0 aliphatic rings. The molecule has 114 valence electrons. The number of nitrogens with one attached hydrogen (secondary N) is 2. The summed E-state index contributed by atoms with van der Waals surface area (Å²) in [5, 5.41) is 14.3. The topological polar surface area (TPSA) is 73.8 Å². The molecule has 0 bridgehead atoms. The fourth-order valence-corrected chi connectivity index (χ4v) is 2.45. The zero-order chi connectivity index (χ0) is 15.7. The number of H-pyrrole nitrogens is 1. The number of fused-ring (bicyclic) bond motifs is 1.